The molecule has 5 heteroatoms. The normalized spacial score (nSPS) is 32.3. The molecule has 138 valence electrons. The third kappa shape index (κ3) is 3.68. The summed E-state index contributed by atoms with van der Waals surface area (Å²) >= 11 is 0. The maximum Gasteiger partial charge on any atom is 0.150 e. The van der Waals surface area contributed by atoms with Gasteiger partial charge in [-0.05, 0) is 71.4 Å². The Hall–Kier alpha value is -1.20. The van der Waals surface area contributed by atoms with Crippen molar-refractivity contribution < 1.29 is 4.74 Å². The molecule has 2 saturated carbocycles. The standard InChI is InChI=1S/C20H32N4O/c1-13-9-21-14(2)20(22-13)24-10-16-7-18(23(3)4)19(8-17(16)11-24)25-12-15-5-6-15/h9,15-19H,5-8,10-12H2,1-4H3/t16-,17+,18-,19-/m1/s1. The van der Waals surface area contributed by atoms with Gasteiger partial charge in [0.2, 0.25) is 0 Å². The van der Waals surface area contributed by atoms with Crippen LogP contribution in [-0.4, -0.2) is 60.8 Å². The first-order chi connectivity index (χ1) is 12.0. The maximum absolute atomic E-state index is 6.38. The van der Waals surface area contributed by atoms with Crippen molar-refractivity contribution in [2.24, 2.45) is 17.8 Å². The van der Waals surface area contributed by atoms with Gasteiger partial charge in [-0.15, -0.1) is 0 Å². The summed E-state index contributed by atoms with van der Waals surface area (Å²) in [6, 6.07) is 0.546. The second kappa shape index (κ2) is 6.84. The summed E-state index contributed by atoms with van der Waals surface area (Å²) in [5.74, 6) is 3.40. The molecule has 25 heavy (non-hydrogen) atoms. The highest BCUT2D eigenvalue weighted by Gasteiger charge is 2.44. The van der Waals surface area contributed by atoms with Crippen LogP contribution in [0.4, 0.5) is 5.82 Å². The zero-order valence-electron chi connectivity index (χ0n) is 16.1. The van der Waals surface area contributed by atoms with E-state index < -0.39 is 0 Å². The predicted octanol–water partition coefficient (Wildman–Crippen LogP) is 2.67. The van der Waals surface area contributed by atoms with Gasteiger partial charge in [0, 0.05) is 31.9 Å². The summed E-state index contributed by atoms with van der Waals surface area (Å²) < 4.78 is 6.38. The Kier molecular flexibility index (Phi) is 4.71. The minimum Gasteiger partial charge on any atom is -0.376 e. The van der Waals surface area contributed by atoms with Gasteiger partial charge in [-0.3, -0.25) is 4.98 Å². The third-order valence-electron chi connectivity index (χ3n) is 6.34. The third-order valence-corrected chi connectivity index (χ3v) is 6.34. The van der Waals surface area contributed by atoms with Crippen LogP contribution in [0.25, 0.3) is 0 Å². The van der Waals surface area contributed by atoms with Gasteiger partial charge in [0.15, 0.2) is 0 Å². The van der Waals surface area contributed by atoms with Crippen molar-refractivity contribution in [1.29, 1.82) is 0 Å². The molecule has 1 saturated heterocycles. The van der Waals surface area contributed by atoms with E-state index in [1.165, 1.54) is 25.7 Å². The van der Waals surface area contributed by atoms with Gasteiger partial charge in [0.1, 0.15) is 5.82 Å². The van der Waals surface area contributed by atoms with Crippen molar-refractivity contribution in [1.82, 2.24) is 14.9 Å². The predicted molar refractivity (Wildman–Crippen MR) is 99.9 cm³/mol. The van der Waals surface area contributed by atoms with Crippen molar-refractivity contribution in [2.45, 2.75) is 51.7 Å². The topological polar surface area (TPSA) is 41.5 Å². The molecular weight excluding hydrogens is 312 g/mol. The van der Waals surface area contributed by atoms with Crippen LogP contribution in [0, 0.1) is 31.6 Å². The van der Waals surface area contributed by atoms with Gasteiger partial charge < -0.3 is 14.5 Å². The van der Waals surface area contributed by atoms with E-state index >= 15 is 0 Å². The molecule has 2 heterocycles. The molecule has 0 spiro atoms. The smallest absolute Gasteiger partial charge is 0.150 e. The number of anilines is 1. The average molecular weight is 345 g/mol. The Morgan fingerprint density at radius 3 is 2.56 bits per heavy atom. The molecule has 2 aliphatic carbocycles. The van der Waals surface area contributed by atoms with E-state index in [4.69, 9.17) is 9.72 Å². The number of fused-ring (bicyclic) bond motifs is 1. The molecule has 1 aromatic rings. The first kappa shape index (κ1) is 17.2. The molecule has 0 unspecified atom stereocenters. The summed E-state index contributed by atoms with van der Waals surface area (Å²) in [5.41, 5.74) is 2.06. The lowest BCUT2D eigenvalue weighted by atomic mass is 9.77. The van der Waals surface area contributed by atoms with Crippen molar-refractivity contribution in [3.63, 3.8) is 0 Å². The van der Waals surface area contributed by atoms with E-state index in [1.807, 2.05) is 13.1 Å². The number of likely N-dealkylation sites (N-methyl/N-ethyl adjacent to an activating group) is 1. The molecule has 1 aliphatic heterocycles. The van der Waals surface area contributed by atoms with Gasteiger partial charge >= 0.3 is 0 Å². The van der Waals surface area contributed by atoms with Gasteiger partial charge in [0.25, 0.3) is 0 Å². The average Bonchev–Trinajstić information content (AvgIpc) is 3.32. The second-order valence-corrected chi connectivity index (χ2v) is 8.66. The molecule has 5 nitrogen and oxygen atoms in total. The Labute approximate surface area is 151 Å². The van der Waals surface area contributed by atoms with Crippen LogP contribution in [0.5, 0.6) is 0 Å². The monoisotopic (exact) mass is 344 g/mol. The van der Waals surface area contributed by atoms with E-state index in [-0.39, 0.29) is 0 Å². The van der Waals surface area contributed by atoms with E-state index in [0.717, 1.165) is 54.7 Å². The number of aryl methyl sites for hydroxylation is 2. The van der Waals surface area contributed by atoms with Gasteiger partial charge in [-0.2, -0.15) is 0 Å². The number of hydrogen-bond donors (Lipinski definition) is 0. The fourth-order valence-electron chi connectivity index (χ4n) is 4.65. The Bertz CT molecular complexity index is 616. The molecule has 3 fully saturated rings. The van der Waals surface area contributed by atoms with Crippen LogP contribution >= 0.6 is 0 Å². The molecule has 0 amide bonds. The number of nitrogens with zero attached hydrogens (tertiary/aromatic N) is 4. The first-order valence-electron chi connectivity index (χ1n) is 9.84. The van der Waals surface area contributed by atoms with Gasteiger partial charge in [-0.25, -0.2) is 4.98 Å². The summed E-state index contributed by atoms with van der Waals surface area (Å²) in [4.78, 5) is 14.1. The zero-order valence-corrected chi connectivity index (χ0v) is 16.1. The van der Waals surface area contributed by atoms with Crippen LogP contribution < -0.4 is 4.90 Å². The molecule has 4 rings (SSSR count). The lowest BCUT2D eigenvalue weighted by molar-refractivity contribution is -0.0493. The number of rotatable bonds is 5. The van der Waals surface area contributed by atoms with E-state index in [2.05, 4.69) is 35.8 Å². The van der Waals surface area contributed by atoms with E-state index in [9.17, 15) is 0 Å². The number of aromatic nitrogens is 2. The van der Waals surface area contributed by atoms with E-state index in [1.54, 1.807) is 0 Å². The Morgan fingerprint density at radius 2 is 1.88 bits per heavy atom. The summed E-state index contributed by atoms with van der Waals surface area (Å²) in [6.45, 7) is 7.30. The highest BCUT2D eigenvalue weighted by atomic mass is 16.5. The summed E-state index contributed by atoms with van der Waals surface area (Å²) in [7, 11) is 4.42. The Balaban J connectivity index is 1.47. The molecule has 0 N–H and O–H groups in total. The molecule has 4 atom stereocenters. The van der Waals surface area contributed by atoms with Gasteiger partial charge in [-0.1, -0.05) is 0 Å². The van der Waals surface area contributed by atoms with Crippen LogP contribution in [0.1, 0.15) is 37.1 Å². The first-order valence-corrected chi connectivity index (χ1v) is 9.84. The van der Waals surface area contributed by atoms with Crippen molar-refractivity contribution in [2.75, 3.05) is 38.7 Å². The fourth-order valence-corrected chi connectivity index (χ4v) is 4.65. The molecule has 1 aromatic heterocycles. The van der Waals surface area contributed by atoms with Crippen LogP contribution in [-0.2, 0) is 4.74 Å². The quantitative estimate of drug-likeness (QED) is 0.821. The number of hydrogen-bond acceptors (Lipinski definition) is 5. The molecule has 3 aliphatic rings. The van der Waals surface area contributed by atoms with Crippen molar-refractivity contribution >= 4 is 5.82 Å². The minimum absolute atomic E-state index is 0.390. The molecular formula is C20H32N4O. The van der Waals surface area contributed by atoms with Crippen molar-refractivity contribution in [3.8, 4) is 0 Å². The summed E-state index contributed by atoms with van der Waals surface area (Å²) in [5, 5.41) is 0. The van der Waals surface area contributed by atoms with Crippen LogP contribution in [0.3, 0.4) is 0 Å². The second-order valence-electron chi connectivity index (χ2n) is 8.66. The van der Waals surface area contributed by atoms with Gasteiger partial charge in [0.05, 0.1) is 17.5 Å². The number of ether oxygens (including phenoxy) is 1. The highest BCUT2D eigenvalue weighted by molar-refractivity contribution is 5.44. The fraction of sp³-hybridized carbons (Fsp3) is 0.800. The molecule has 0 aromatic carbocycles. The summed E-state index contributed by atoms with van der Waals surface area (Å²) in [6.07, 6.45) is 7.42. The minimum atomic E-state index is 0.390. The highest BCUT2D eigenvalue weighted by Crippen LogP contribution is 2.41. The lowest BCUT2D eigenvalue weighted by Crippen LogP contribution is -2.48. The molecule has 0 bridgehead atoms. The van der Waals surface area contributed by atoms with Crippen LogP contribution in [0.2, 0.25) is 0 Å². The SMILES string of the molecule is Cc1cnc(C)c(N2C[C@H]3C[C@@H](N(C)C)[C@H](OCC4CC4)C[C@H]3C2)n1. The zero-order chi connectivity index (χ0) is 17.6. The lowest BCUT2D eigenvalue weighted by Gasteiger charge is -2.41. The van der Waals surface area contributed by atoms with Crippen molar-refractivity contribution in [3.05, 3.63) is 17.6 Å². The van der Waals surface area contributed by atoms with Crippen LogP contribution in [0.15, 0.2) is 6.20 Å². The largest absolute Gasteiger partial charge is 0.376 e. The Morgan fingerprint density at radius 1 is 1.16 bits per heavy atom. The maximum atomic E-state index is 6.38. The van der Waals surface area contributed by atoms with E-state index in [0.29, 0.717) is 12.1 Å². The molecule has 0 radical (unpaired) electrons.